The largest absolute Gasteiger partial charge is 0.478 e. The van der Waals surface area contributed by atoms with Crippen molar-refractivity contribution in [2.45, 2.75) is 46.5 Å². The Morgan fingerprint density at radius 2 is 1.62 bits per heavy atom. The second-order valence-corrected chi connectivity index (χ2v) is 8.45. The third kappa shape index (κ3) is 6.01. The van der Waals surface area contributed by atoms with Gasteiger partial charge in [-0.15, -0.1) is 0 Å². The standard InChI is InChI=1S/C28H31NO5/c1-4-6-14-29(15-7-5-2)23-13-12-22-17-24(28(33)34-25(22)18-23)26(30)19(3)16-20-8-10-21(11-9-20)27(31)32/h8-13,16-18H,4-7,14-15H2,1-3H3,(H,31,32). The average molecular weight is 462 g/mol. The summed E-state index contributed by atoms with van der Waals surface area (Å²) in [7, 11) is 0. The Bertz CT molecular complexity index is 1250. The van der Waals surface area contributed by atoms with Gasteiger partial charge in [0.25, 0.3) is 0 Å². The molecule has 0 saturated carbocycles. The number of benzene rings is 2. The Labute approximate surface area is 199 Å². The van der Waals surface area contributed by atoms with Crippen LogP contribution in [0.25, 0.3) is 17.0 Å². The van der Waals surface area contributed by atoms with Crippen LogP contribution in [0.15, 0.2) is 63.3 Å². The average Bonchev–Trinajstić information content (AvgIpc) is 2.83. The van der Waals surface area contributed by atoms with Crippen LogP contribution in [0.1, 0.15) is 72.7 Å². The molecule has 0 amide bonds. The number of carbonyl (C=O) groups excluding carboxylic acids is 1. The third-order valence-electron chi connectivity index (χ3n) is 5.79. The number of hydrogen-bond donors (Lipinski definition) is 1. The molecule has 0 aliphatic carbocycles. The molecule has 178 valence electrons. The SMILES string of the molecule is CCCCN(CCCC)c1ccc2cc(C(=O)C(C)=Cc3ccc(C(=O)O)cc3)c(=O)oc2c1. The molecule has 1 N–H and O–H groups in total. The van der Waals surface area contributed by atoms with Gasteiger partial charge in [0, 0.05) is 30.2 Å². The van der Waals surface area contributed by atoms with Crippen LogP contribution in [0.5, 0.6) is 0 Å². The fourth-order valence-electron chi connectivity index (χ4n) is 3.77. The first-order valence-corrected chi connectivity index (χ1v) is 11.7. The van der Waals surface area contributed by atoms with E-state index in [1.807, 2.05) is 18.2 Å². The fraction of sp³-hybridized carbons (Fsp3) is 0.321. The van der Waals surface area contributed by atoms with E-state index in [4.69, 9.17) is 9.52 Å². The van der Waals surface area contributed by atoms with Gasteiger partial charge >= 0.3 is 11.6 Å². The number of allylic oxidation sites excluding steroid dienone is 1. The topological polar surface area (TPSA) is 87.8 Å². The lowest BCUT2D eigenvalue weighted by molar-refractivity contribution is 0.0696. The summed E-state index contributed by atoms with van der Waals surface area (Å²) in [4.78, 5) is 39.0. The Kier molecular flexibility index (Phi) is 8.41. The number of Topliss-reactive ketones (excluding diaryl/α,β-unsaturated/α-hetero) is 1. The Morgan fingerprint density at radius 3 is 2.21 bits per heavy atom. The molecule has 1 heterocycles. The quantitative estimate of drug-likeness (QED) is 0.208. The summed E-state index contributed by atoms with van der Waals surface area (Å²) in [6, 6.07) is 13.5. The van der Waals surface area contributed by atoms with Crippen LogP contribution < -0.4 is 10.5 Å². The van der Waals surface area contributed by atoms with Crippen molar-refractivity contribution in [3.8, 4) is 0 Å². The van der Waals surface area contributed by atoms with E-state index >= 15 is 0 Å². The summed E-state index contributed by atoms with van der Waals surface area (Å²) < 4.78 is 5.56. The normalized spacial score (nSPS) is 11.6. The number of nitrogens with zero attached hydrogens (tertiary/aromatic N) is 1. The molecule has 0 unspecified atom stereocenters. The van der Waals surface area contributed by atoms with E-state index in [9.17, 15) is 14.4 Å². The minimum atomic E-state index is -1.01. The first-order valence-electron chi connectivity index (χ1n) is 11.7. The molecule has 1 aromatic heterocycles. The lowest BCUT2D eigenvalue weighted by Crippen LogP contribution is -2.25. The summed E-state index contributed by atoms with van der Waals surface area (Å²) in [6.07, 6.45) is 6.01. The zero-order valence-corrected chi connectivity index (χ0v) is 20.0. The second kappa shape index (κ2) is 11.5. The molecule has 3 rings (SSSR count). The first-order chi connectivity index (χ1) is 16.3. The van der Waals surface area contributed by atoms with Crippen LogP contribution in [0.4, 0.5) is 5.69 Å². The van der Waals surface area contributed by atoms with Gasteiger partial charge in [-0.05, 0) is 67.3 Å². The highest BCUT2D eigenvalue weighted by Gasteiger charge is 2.17. The molecule has 6 heteroatoms. The number of ketones is 1. The Balaban J connectivity index is 1.89. The molecular formula is C28H31NO5. The zero-order valence-electron chi connectivity index (χ0n) is 20.0. The fourth-order valence-corrected chi connectivity index (χ4v) is 3.77. The smallest absolute Gasteiger partial charge is 0.347 e. The van der Waals surface area contributed by atoms with Crippen LogP contribution in [0, 0.1) is 0 Å². The summed E-state index contributed by atoms with van der Waals surface area (Å²) in [6.45, 7) is 7.84. The van der Waals surface area contributed by atoms with E-state index in [0.29, 0.717) is 22.1 Å². The van der Waals surface area contributed by atoms with Crippen molar-refractivity contribution >= 4 is 34.5 Å². The third-order valence-corrected chi connectivity index (χ3v) is 5.79. The lowest BCUT2D eigenvalue weighted by Gasteiger charge is -2.24. The van der Waals surface area contributed by atoms with Crippen molar-refractivity contribution in [3.05, 3.63) is 81.2 Å². The van der Waals surface area contributed by atoms with Gasteiger partial charge in [0.15, 0.2) is 5.78 Å². The number of rotatable bonds is 11. The van der Waals surface area contributed by atoms with Gasteiger partial charge in [0.05, 0.1) is 5.56 Å². The number of unbranched alkanes of at least 4 members (excludes halogenated alkanes) is 2. The molecule has 2 aromatic carbocycles. The van der Waals surface area contributed by atoms with Gasteiger partial charge in [0.2, 0.25) is 0 Å². The number of carboxylic acids is 1. The minimum Gasteiger partial charge on any atom is -0.478 e. The Hall–Kier alpha value is -3.67. The number of carboxylic acid groups (broad SMARTS) is 1. The van der Waals surface area contributed by atoms with Gasteiger partial charge in [-0.3, -0.25) is 4.79 Å². The molecule has 6 nitrogen and oxygen atoms in total. The van der Waals surface area contributed by atoms with Crippen molar-refractivity contribution in [1.82, 2.24) is 0 Å². The summed E-state index contributed by atoms with van der Waals surface area (Å²) in [5.74, 6) is -1.44. The monoisotopic (exact) mass is 461 g/mol. The van der Waals surface area contributed by atoms with Crippen LogP contribution in [0.3, 0.4) is 0 Å². The molecule has 0 atom stereocenters. The van der Waals surface area contributed by atoms with Gasteiger partial charge in [0.1, 0.15) is 11.1 Å². The van der Waals surface area contributed by atoms with Gasteiger partial charge in [-0.1, -0.05) is 38.8 Å². The van der Waals surface area contributed by atoms with E-state index in [0.717, 1.165) is 44.5 Å². The van der Waals surface area contributed by atoms with E-state index in [2.05, 4.69) is 18.7 Å². The number of carbonyl (C=O) groups is 2. The minimum absolute atomic E-state index is 0.0232. The van der Waals surface area contributed by atoms with Crippen molar-refractivity contribution in [2.75, 3.05) is 18.0 Å². The molecule has 0 saturated heterocycles. The second-order valence-electron chi connectivity index (χ2n) is 8.45. The molecule has 0 radical (unpaired) electrons. The summed E-state index contributed by atoms with van der Waals surface area (Å²) in [5.41, 5.74) is 1.97. The molecule has 0 bridgehead atoms. The maximum atomic E-state index is 13.0. The highest BCUT2D eigenvalue weighted by atomic mass is 16.4. The molecule has 0 aliphatic rings. The highest BCUT2D eigenvalue weighted by Crippen LogP contribution is 2.24. The molecule has 34 heavy (non-hydrogen) atoms. The molecule has 0 spiro atoms. The molecular weight excluding hydrogens is 430 g/mol. The highest BCUT2D eigenvalue weighted by molar-refractivity contribution is 6.11. The van der Waals surface area contributed by atoms with E-state index in [1.165, 1.54) is 12.1 Å². The predicted octanol–water partition coefficient (Wildman–Crippen LogP) is 6.18. The maximum Gasteiger partial charge on any atom is 0.347 e. The van der Waals surface area contributed by atoms with Crippen LogP contribution in [-0.2, 0) is 0 Å². The predicted molar refractivity (Wildman–Crippen MR) is 136 cm³/mol. The van der Waals surface area contributed by atoms with Crippen molar-refractivity contribution in [1.29, 1.82) is 0 Å². The molecule has 0 fully saturated rings. The van der Waals surface area contributed by atoms with Gasteiger partial charge < -0.3 is 14.4 Å². The molecule has 3 aromatic rings. The first kappa shape index (κ1) is 25.0. The number of aromatic carboxylic acids is 1. The van der Waals surface area contributed by atoms with Crippen molar-refractivity contribution < 1.29 is 19.1 Å². The van der Waals surface area contributed by atoms with Gasteiger partial charge in [-0.25, -0.2) is 9.59 Å². The van der Waals surface area contributed by atoms with Crippen LogP contribution in [0.2, 0.25) is 0 Å². The lowest BCUT2D eigenvalue weighted by atomic mass is 10.0. The van der Waals surface area contributed by atoms with Gasteiger partial charge in [-0.2, -0.15) is 0 Å². The van der Waals surface area contributed by atoms with E-state index < -0.39 is 17.4 Å². The summed E-state index contributed by atoms with van der Waals surface area (Å²) in [5, 5.41) is 9.71. The summed E-state index contributed by atoms with van der Waals surface area (Å²) >= 11 is 0. The van der Waals surface area contributed by atoms with Crippen LogP contribution >= 0.6 is 0 Å². The zero-order chi connectivity index (χ0) is 24.7. The van der Waals surface area contributed by atoms with Crippen molar-refractivity contribution in [2.24, 2.45) is 0 Å². The molecule has 0 aliphatic heterocycles. The van der Waals surface area contributed by atoms with Crippen LogP contribution in [-0.4, -0.2) is 29.9 Å². The maximum absolute atomic E-state index is 13.0. The van der Waals surface area contributed by atoms with Crippen molar-refractivity contribution in [3.63, 3.8) is 0 Å². The number of hydrogen-bond acceptors (Lipinski definition) is 5. The van der Waals surface area contributed by atoms with E-state index in [1.54, 1.807) is 31.2 Å². The Morgan fingerprint density at radius 1 is 0.971 bits per heavy atom. The number of anilines is 1. The number of fused-ring (bicyclic) bond motifs is 1. The van der Waals surface area contributed by atoms with E-state index in [-0.39, 0.29) is 11.1 Å².